The van der Waals surface area contributed by atoms with Crippen molar-refractivity contribution in [3.05, 3.63) is 22.7 Å². The molecule has 1 aromatic rings. The number of benzene rings is 1. The summed E-state index contributed by atoms with van der Waals surface area (Å²) in [4.78, 5) is 4.68. The predicted molar refractivity (Wildman–Crippen MR) is 82.0 cm³/mol. The minimum atomic E-state index is 0.842. The van der Waals surface area contributed by atoms with Gasteiger partial charge in [-0.3, -0.25) is 0 Å². The smallest absolute Gasteiger partial charge is 0.0598 e. The van der Waals surface area contributed by atoms with Crippen molar-refractivity contribution in [2.45, 2.75) is 12.8 Å². The summed E-state index contributed by atoms with van der Waals surface area (Å²) >= 11 is 3.44. The van der Waals surface area contributed by atoms with Crippen molar-refractivity contribution in [1.29, 1.82) is 0 Å². The lowest BCUT2D eigenvalue weighted by atomic mass is 10.0. The van der Waals surface area contributed by atoms with Gasteiger partial charge in [0, 0.05) is 24.6 Å². The lowest BCUT2D eigenvalue weighted by molar-refractivity contribution is 0.389. The molecule has 18 heavy (non-hydrogen) atoms. The van der Waals surface area contributed by atoms with Crippen LogP contribution in [0.15, 0.2) is 22.7 Å². The van der Waals surface area contributed by atoms with Crippen LogP contribution >= 0.6 is 15.9 Å². The van der Waals surface area contributed by atoms with Gasteiger partial charge in [0.2, 0.25) is 0 Å². The average Bonchev–Trinajstić information content (AvgIpc) is 2.72. The first-order chi connectivity index (χ1) is 8.56. The van der Waals surface area contributed by atoms with E-state index in [1.807, 2.05) is 12.1 Å². The molecule has 0 spiro atoms. The molecule has 100 valence electrons. The number of rotatable bonds is 4. The summed E-state index contributed by atoms with van der Waals surface area (Å²) in [5, 5.41) is 0. The molecule has 1 heterocycles. The quantitative estimate of drug-likeness (QED) is 0.868. The van der Waals surface area contributed by atoms with Crippen LogP contribution < -0.4 is 10.6 Å². The van der Waals surface area contributed by atoms with E-state index in [-0.39, 0.29) is 0 Å². The van der Waals surface area contributed by atoms with E-state index in [0.717, 1.165) is 28.3 Å². The molecule has 0 amide bonds. The Morgan fingerprint density at radius 3 is 2.89 bits per heavy atom. The standard InChI is InChI=1S/C14H22BrN3/c1-17-7-5-11(10-17)6-8-18(2)14-4-3-12(15)9-13(14)16/h3-4,9,11H,5-8,10,16H2,1-2H3. The molecule has 1 unspecified atom stereocenters. The van der Waals surface area contributed by atoms with Crippen LogP contribution in [0, 0.1) is 5.92 Å². The Hall–Kier alpha value is -0.740. The zero-order valence-electron chi connectivity index (χ0n) is 11.2. The van der Waals surface area contributed by atoms with Crippen molar-refractivity contribution in [2.24, 2.45) is 5.92 Å². The molecule has 1 aliphatic heterocycles. The number of anilines is 2. The number of nitrogens with two attached hydrogens (primary N) is 1. The van der Waals surface area contributed by atoms with Gasteiger partial charge >= 0.3 is 0 Å². The number of hydrogen-bond acceptors (Lipinski definition) is 3. The van der Waals surface area contributed by atoms with Gasteiger partial charge in [0.25, 0.3) is 0 Å². The van der Waals surface area contributed by atoms with Gasteiger partial charge in [0.05, 0.1) is 11.4 Å². The molecule has 1 aromatic carbocycles. The molecule has 1 aliphatic rings. The van der Waals surface area contributed by atoms with E-state index in [0.29, 0.717) is 0 Å². The molecular weight excluding hydrogens is 290 g/mol. The molecule has 0 bridgehead atoms. The van der Waals surface area contributed by atoms with Crippen LogP contribution in [0.3, 0.4) is 0 Å². The lowest BCUT2D eigenvalue weighted by Gasteiger charge is -2.23. The topological polar surface area (TPSA) is 32.5 Å². The highest BCUT2D eigenvalue weighted by atomic mass is 79.9. The monoisotopic (exact) mass is 311 g/mol. The van der Waals surface area contributed by atoms with Crippen molar-refractivity contribution < 1.29 is 0 Å². The SMILES string of the molecule is CN1CCC(CCN(C)c2ccc(Br)cc2N)C1. The average molecular weight is 312 g/mol. The highest BCUT2D eigenvalue weighted by Gasteiger charge is 2.19. The van der Waals surface area contributed by atoms with Crippen molar-refractivity contribution >= 4 is 27.3 Å². The molecule has 1 fully saturated rings. The van der Waals surface area contributed by atoms with Gasteiger partial charge in [-0.05, 0) is 50.6 Å². The van der Waals surface area contributed by atoms with E-state index in [1.54, 1.807) is 0 Å². The summed E-state index contributed by atoms with van der Waals surface area (Å²) in [6.45, 7) is 3.56. The summed E-state index contributed by atoms with van der Waals surface area (Å²) in [6.07, 6.45) is 2.58. The molecular formula is C14H22BrN3. The normalized spacial score (nSPS) is 20.3. The van der Waals surface area contributed by atoms with Gasteiger partial charge in [0.15, 0.2) is 0 Å². The third-order valence-corrected chi connectivity index (χ3v) is 4.26. The van der Waals surface area contributed by atoms with E-state index >= 15 is 0 Å². The third-order valence-electron chi connectivity index (χ3n) is 3.76. The van der Waals surface area contributed by atoms with Crippen molar-refractivity contribution in [1.82, 2.24) is 4.90 Å². The highest BCUT2D eigenvalue weighted by Crippen LogP contribution is 2.27. The van der Waals surface area contributed by atoms with Crippen molar-refractivity contribution in [2.75, 3.05) is 44.4 Å². The highest BCUT2D eigenvalue weighted by molar-refractivity contribution is 9.10. The summed E-state index contributed by atoms with van der Waals surface area (Å²) in [5.41, 5.74) is 8.02. The van der Waals surface area contributed by atoms with Gasteiger partial charge in [-0.15, -0.1) is 0 Å². The van der Waals surface area contributed by atoms with Gasteiger partial charge in [-0.25, -0.2) is 0 Å². The molecule has 0 aliphatic carbocycles. The van der Waals surface area contributed by atoms with Crippen LogP contribution in [-0.2, 0) is 0 Å². The summed E-state index contributed by atoms with van der Waals surface area (Å²) < 4.78 is 1.04. The summed E-state index contributed by atoms with van der Waals surface area (Å²) in [6, 6.07) is 6.10. The maximum atomic E-state index is 6.05. The Balaban J connectivity index is 1.89. The molecule has 1 atom stereocenters. The van der Waals surface area contributed by atoms with E-state index < -0.39 is 0 Å². The van der Waals surface area contributed by atoms with Crippen LogP contribution in [0.2, 0.25) is 0 Å². The number of likely N-dealkylation sites (tertiary alicyclic amines) is 1. The maximum Gasteiger partial charge on any atom is 0.0598 e. The molecule has 4 heteroatoms. The second kappa shape index (κ2) is 5.93. The van der Waals surface area contributed by atoms with Crippen LogP contribution in [-0.4, -0.2) is 38.6 Å². The molecule has 2 N–H and O–H groups in total. The van der Waals surface area contributed by atoms with E-state index in [1.165, 1.54) is 25.9 Å². The molecule has 3 nitrogen and oxygen atoms in total. The second-order valence-corrected chi connectivity index (χ2v) is 6.25. The first-order valence-corrected chi connectivity index (χ1v) is 7.30. The zero-order valence-corrected chi connectivity index (χ0v) is 12.8. The molecule has 2 rings (SSSR count). The fourth-order valence-electron chi connectivity index (χ4n) is 2.63. The molecule has 0 radical (unpaired) electrons. The van der Waals surface area contributed by atoms with Crippen molar-refractivity contribution in [3.8, 4) is 0 Å². The predicted octanol–water partition coefficient (Wildman–Crippen LogP) is 2.81. The minimum Gasteiger partial charge on any atom is -0.397 e. The van der Waals surface area contributed by atoms with Gasteiger partial charge in [-0.2, -0.15) is 0 Å². The molecule has 0 saturated carbocycles. The lowest BCUT2D eigenvalue weighted by Crippen LogP contribution is -2.23. The largest absolute Gasteiger partial charge is 0.397 e. The minimum absolute atomic E-state index is 0.842. The van der Waals surface area contributed by atoms with Crippen LogP contribution in [0.1, 0.15) is 12.8 Å². The Morgan fingerprint density at radius 1 is 1.50 bits per heavy atom. The number of halogens is 1. The Labute approximate surface area is 118 Å². The van der Waals surface area contributed by atoms with Gasteiger partial charge < -0.3 is 15.5 Å². The summed E-state index contributed by atoms with van der Waals surface area (Å²) in [7, 11) is 4.33. The van der Waals surface area contributed by atoms with Gasteiger partial charge in [-0.1, -0.05) is 15.9 Å². The van der Waals surface area contributed by atoms with Crippen LogP contribution in [0.25, 0.3) is 0 Å². The van der Waals surface area contributed by atoms with E-state index in [9.17, 15) is 0 Å². The third kappa shape index (κ3) is 3.39. The van der Waals surface area contributed by atoms with Gasteiger partial charge in [0.1, 0.15) is 0 Å². The maximum absolute atomic E-state index is 6.05. The van der Waals surface area contributed by atoms with Crippen LogP contribution in [0.4, 0.5) is 11.4 Å². The first kappa shape index (κ1) is 13.7. The molecule has 0 aromatic heterocycles. The fourth-order valence-corrected chi connectivity index (χ4v) is 3.01. The Bertz CT molecular complexity index is 408. The Kier molecular flexibility index (Phi) is 4.51. The fraction of sp³-hybridized carbons (Fsp3) is 0.571. The number of nitrogens with zero attached hydrogens (tertiary/aromatic N) is 2. The number of nitrogen functional groups attached to an aromatic ring is 1. The summed E-state index contributed by atoms with van der Waals surface area (Å²) in [5.74, 6) is 0.842. The van der Waals surface area contributed by atoms with E-state index in [4.69, 9.17) is 5.73 Å². The van der Waals surface area contributed by atoms with Crippen molar-refractivity contribution in [3.63, 3.8) is 0 Å². The second-order valence-electron chi connectivity index (χ2n) is 5.33. The molecule has 1 saturated heterocycles. The first-order valence-electron chi connectivity index (χ1n) is 6.51. The Morgan fingerprint density at radius 2 is 2.28 bits per heavy atom. The van der Waals surface area contributed by atoms with E-state index in [2.05, 4.69) is 45.9 Å². The number of hydrogen-bond donors (Lipinski definition) is 1. The zero-order chi connectivity index (χ0) is 13.1. The van der Waals surface area contributed by atoms with Crippen LogP contribution in [0.5, 0.6) is 0 Å².